The van der Waals surface area contributed by atoms with Crippen LogP contribution in [-0.2, 0) is 9.53 Å². The topological polar surface area (TPSA) is 101 Å². The third-order valence-electron chi connectivity index (χ3n) is 5.21. The summed E-state index contributed by atoms with van der Waals surface area (Å²) in [6, 6.07) is 17.5. The number of nitrogens with zero attached hydrogens (tertiary/aromatic N) is 3. The summed E-state index contributed by atoms with van der Waals surface area (Å²) in [7, 11) is 0. The molecule has 3 heterocycles. The van der Waals surface area contributed by atoms with Crippen molar-refractivity contribution >= 4 is 40.1 Å². The number of nitrogens with one attached hydrogen (secondary N) is 1. The second-order valence-electron chi connectivity index (χ2n) is 7.22. The smallest absolute Gasteiger partial charge is 0.359 e. The van der Waals surface area contributed by atoms with Crippen LogP contribution in [-0.4, -0.2) is 39.4 Å². The van der Waals surface area contributed by atoms with E-state index in [2.05, 4.69) is 15.3 Å². The van der Waals surface area contributed by atoms with E-state index in [1.165, 1.54) is 5.01 Å². The van der Waals surface area contributed by atoms with Crippen LogP contribution in [0.4, 0.5) is 0 Å². The third kappa shape index (κ3) is 3.76. The SMILES string of the molecule is O=C(OCC(=O)N1N=C(c2ccc(Cl)cc2)C[C@@H]1c1ccco1)c1n[nH]c2ccccc12. The van der Waals surface area contributed by atoms with E-state index in [-0.39, 0.29) is 5.69 Å². The lowest BCUT2D eigenvalue weighted by atomic mass is 10.0. The summed E-state index contributed by atoms with van der Waals surface area (Å²) in [5.74, 6) is -0.564. The molecule has 0 fully saturated rings. The first-order valence-corrected chi connectivity index (χ1v) is 10.3. The number of amides is 1. The quantitative estimate of drug-likeness (QED) is 0.457. The number of carbonyl (C=O) groups excluding carboxylic acids is 2. The molecule has 1 N–H and O–H groups in total. The Kier molecular flexibility index (Phi) is 5.20. The van der Waals surface area contributed by atoms with Crippen molar-refractivity contribution in [2.45, 2.75) is 12.5 Å². The average molecular weight is 449 g/mol. The molecule has 0 saturated heterocycles. The second-order valence-corrected chi connectivity index (χ2v) is 7.66. The Hall–Kier alpha value is -3.91. The monoisotopic (exact) mass is 448 g/mol. The Labute approximate surface area is 187 Å². The van der Waals surface area contributed by atoms with E-state index in [9.17, 15) is 9.59 Å². The first-order chi connectivity index (χ1) is 15.6. The van der Waals surface area contributed by atoms with E-state index >= 15 is 0 Å². The first kappa shape index (κ1) is 20.0. The maximum absolute atomic E-state index is 13.0. The van der Waals surface area contributed by atoms with Crippen LogP contribution in [0.25, 0.3) is 10.9 Å². The molecular weight excluding hydrogens is 432 g/mol. The van der Waals surface area contributed by atoms with Crippen molar-refractivity contribution in [2.75, 3.05) is 6.61 Å². The molecule has 0 unspecified atom stereocenters. The van der Waals surface area contributed by atoms with Crippen LogP contribution < -0.4 is 0 Å². The van der Waals surface area contributed by atoms with Crippen LogP contribution in [0.5, 0.6) is 0 Å². The molecule has 1 aliphatic rings. The van der Waals surface area contributed by atoms with Crippen molar-refractivity contribution in [2.24, 2.45) is 5.10 Å². The van der Waals surface area contributed by atoms with Crippen LogP contribution in [0, 0.1) is 0 Å². The molecule has 1 atom stereocenters. The molecule has 1 aliphatic heterocycles. The lowest BCUT2D eigenvalue weighted by Gasteiger charge is -2.19. The minimum absolute atomic E-state index is 0.128. The standard InChI is InChI=1S/C23H17ClN4O4/c24-15-9-7-14(8-10-15)18-12-19(20-6-3-11-31-20)28(27-18)21(29)13-32-23(30)22-16-4-1-2-5-17(16)25-26-22/h1-11,19H,12-13H2,(H,25,26)/t19-/m1/s1. The summed E-state index contributed by atoms with van der Waals surface area (Å²) >= 11 is 5.98. The summed E-state index contributed by atoms with van der Waals surface area (Å²) in [6.45, 7) is -0.478. The Bertz CT molecular complexity index is 1310. The Morgan fingerprint density at radius 3 is 2.72 bits per heavy atom. The van der Waals surface area contributed by atoms with E-state index in [4.69, 9.17) is 20.8 Å². The second kappa shape index (κ2) is 8.32. The predicted octanol–water partition coefficient (Wildman–Crippen LogP) is 4.34. The fourth-order valence-electron chi connectivity index (χ4n) is 3.64. The van der Waals surface area contributed by atoms with Crippen molar-refractivity contribution < 1.29 is 18.7 Å². The molecular formula is C23H17ClN4O4. The van der Waals surface area contributed by atoms with Gasteiger partial charge in [-0.25, -0.2) is 9.80 Å². The van der Waals surface area contributed by atoms with E-state index in [1.807, 2.05) is 18.2 Å². The Morgan fingerprint density at radius 2 is 1.94 bits per heavy atom. The summed E-state index contributed by atoms with van der Waals surface area (Å²) in [5.41, 5.74) is 2.39. The lowest BCUT2D eigenvalue weighted by molar-refractivity contribution is -0.136. The number of H-pyrrole nitrogens is 1. The fourth-order valence-corrected chi connectivity index (χ4v) is 3.77. The molecule has 160 valence electrons. The lowest BCUT2D eigenvalue weighted by Crippen LogP contribution is -2.31. The molecule has 0 aliphatic carbocycles. The van der Waals surface area contributed by atoms with E-state index in [0.717, 1.165) is 5.56 Å². The average Bonchev–Trinajstić information content (AvgIpc) is 3.56. The minimum Gasteiger partial charge on any atom is -0.467 e. The third-order valence-corrected chi connectivity index (χ3v) is 5.46. The number of hydrogen-bond acceptors (Lipinski definition) is 6. The molecule has 8 nitrogen and oxygen atoms in total. The van der Waals surface area contributed by atoms with Gasteiger partial charge in [0.1, 0.15) is 11.8 Å². The van der Waals surface area contributed by atoms with E-state index in [1.54, 1.807) is 48.7 Å². The number of halogens is 1. The van der Waals surface area contributed by atoms with Gasteiger partial charge in [0, 0.05) is 16.8 Å². The highest BCUT2D eigenvalue weighted by Gasteiger charge is 2.35. The molecule has 9 heteroatoms. The highest BCUT2D eigenvalue weighted by molar-refractivity contribution is 6.30. The number of aromatic nitrogens is 2. The van der Waals surface area contributed by atoms with Gasteiger partial charge in [0.2, 0.25) is 0 Å². The van der Waals surface area contributed by atoms with Gasteiger partial charge in [-0.05, 0) is 35.9 Å². The Morgan fingerprint density at radius 1 is 1.12 bits per heavy atom. The van der Waals surface area contributed by atoms with Crippen LogP contribution in [0.3, 0.4) is 0 Å². The molecule has 2 aromatic heterocycles. The number of carbonyl (C=O) groups is 2. The summed E-state index contributed by atoms with van der Waals surface area (Å²) < 4.78 is 10.8. The maximum atomic E-state index is 13.0. The van der Waals surface area contributed by atoms with Crippen molar-refractivity contribution in [3.8, 4) is 0 Å². The van der Waals surface area contributed by atoms with E-state index < -0.39 is 24.5 Å². The first-order valence-electron chi connectivity index (χ1n) is 9.89. The van der Waals surface area contributed by atoms with Gasteiger partial charge in [0.15, 0.2) is 12.3 Å². The number of aromatic amines is 1. The zero-order chi connectivity index (χ0) is 22.1. The molecule has 0 bridgehead atoms. The number of para-hydroxylation sites is 1. The summed E-state index contributed by atoms with van der Waals surface area (Å²) in [5, 5.41) is 13.8. The number of furan rings is 1. The van der Waals surface area contributed by atoms with Gasteiger partial charge in [0.25, 0.3) is 5.91 Å². The van der Waals surface area contributed by atoms with Crippen molar-refractivity contribution in [1.29, 1.82) is 0 Å². The van der Waals surface area contributed by atoms with Crippen molar-refractivity contribution in [3.05, 3.63) is 89.0 Å². The molecule has 0 saturated carbocycles. The van der Waals surface area contributed by atoms with Gasteiger partial charge in [-0.1, -0.05) is 41.9 Å². The zero-order valence-corrected chi connectivity index (χ0v) is 17.5. The number of rotatable bonds is 5. The molecule has 5 rings (SSSR count). The maximum Gasteiger partial charge on any atom is 0.359 e. The van der Waals surface area contributed by atoms with Gasteiger partial charge >= 0.3 is 5.97 Å². The molecule has 1 amide bonds. The van der Waals surface area contributed by atoms with Crippen LogP contribution >= 0.6 is 11.6 Å². The largest absolute Gasteiger partial charge is 0.467 e. The number of benzene rings is 2. The number of hydrogen-bond donors (Lipinski definition) is 1. The predicted molar refractivity (Wildman–Crippen MR) is 117 cm³/mol. The number of fused-ring (bicyclic) bond motifs is 1. The number of esters is 1. The van der Waals surface area contributed by atoms with E-state index in [0.29, 0.717) is 33.8 Å². The van der Waals surface area contributed by atoms with Gasteiger partial charge < -0.3 is 9.15 Å². The van der Waals surface area contributed by atoms with Gasteiger partial charge in [0.05, 0.1) is 17.5 Å². The van der Waals surface area contributed by atoms with Crippen LogP contribution in [0.1, 0.15) is 34.3 Å². The zero-order valence-electron chi connectivity index (χ0n) is 16.7. The van der Waals surface area contributed by atoms with Crippen LogP contribution in [0.2, 0.25) is 5.02 Å². The highest BCUT2D eigenvalue weighted by Crippen LogP contribution is 2.33. The molecule has 0 radical (unpaired) electrons. The normalized spacial score (nSPS) is 15.7. The van der Waals surface area contributed by atoms with Gasteiger partial charge in [-0.2, -0.15) is 10.2 Å². The summed E-state index contributed by atoms with van der Waals surface area (Å²) in [6.07, 6.45) is 2.00. The van der Waals surface area contributed by atoms with Gasteiger partial charge in [-0.15, -0.1) is 0 Å². The number of ether oxygens (including phenoxy) is 1. The highest BCUT2D eigenvalue weighted by atomic mass is 35.5. The van der Waals surface area contributed by atoms with Crippen molar-refractivity contribution in [1.82, 2.24) is 15.2 Å². The minimum atomic E-state index is -0.688. The number of hydrazone groups is 1. The molecule has 2 aromatic carbocycles. The molecule has 32 heavy (non-hydrogen) atoms. The molecule has 0 spiro atoms. The molecule has 4 aromatic rings. The van der Waals surface area contributed by atoms with Crippen molar-refractivity contribution in [3.63, 3.8) is 0 Å². The Balaban J connectivity index is 1.35. The summed E-state index contributed by atoms with van der Waals surface area (Å²) in [4.78, 5) is 25.5. The fraction of sp³-hybridized carbons (Fsp3) is 0.130. The van der Waals surface area contributed by atoms with Gasteiger partial charge in [-0.3, -0.25) is 9.89 Å². The van der Waals surface area contributed by atoms with Crippen LogP contribution in [0.15, 0.2) is 76.4 Å².